The van der Waals surface area contributed by atoms with Crippen molar-refractivity contribution in [3.05, 3.63) is 46.6 Å². The number of nitrogens with one attached hydrogen (secondary N) is 1. The lowest BCUT2D eigenvalue weighted by Crippen LogP contribution is -2.23. The normalized spacial score (nSPS) is 22.8. The smallest absolute Gasteiger partial charge is 0.230 e. The first-order chi connectivity index (χ1) is 9.63. The number of nitrogens with zero attached hydrogens (tertiary/aromatic N) is 2. The highest BCUT2D eigenvalue weighted by molar-refractivity contribution is 6.30. The first kappa shape index (κ1) is 13.6. The second-order valence-electron chi connectivity index (χ2n) is 5.50. The maximum absolute atomic E-state index is 5.96. The summed E-state index contributed by atoms with van der Waals surface area (Å²) in [7, 11) is 0. The number of benzene rings is 1. The molecular weight excluding hydrogens is 274 g/mol. The van der Waals surface area contributed by atoms with Gasteiger partial charge in [-0.05, 0) is 36.0 Å². The van der Waals surface area contributed by atoms with E-state index in [1.165, 1.54) is 12.0 Å². The van der Waals surface area contributed by atoms with Gasteiger partial charge >= 0.3 is 0 Å². The number of hydrogen-bond acceptors (Lipinski definition) is 4. The molecule has 0 radical (unpaired) electrons. The zero-order chi connectivity index (χ0) is 14.1. The van der Waals surface area contributed by atoms with Gasteiger partial charge in [0.05, 0.1) is 6.54 Å². The van der Waals surface area contributed by atoms with E-state index < -0.39 is 0 Å². The monoisotopic (exact) mass is 291 g/mol. The van der Waals surface area contributed by atoms with E-state index in [1.54, 1.807) is 6.92 Å². The van der Waals surface area contributed by atoms with Gasteiger partial charge in [-0.3, -0.25) is 0 Å². The van der Waals surface area contributed by atoms with E-state index in [-0.39, 0.29) is 0 Å². The van der Waals surface area contributed by atoms with Crippen molar-refractivity contribution in [1.29, 1.82) is 0 Å². The van der Waals surface area contributed by atoms with Crippen molar-refractivity contribution in [1.82, 2.24) is 15.5 Å². The standard InChI is InChI=1S/C15H18ClN3O/c1-9-7-13(9)15(11-3-5-12(16)6-4-11)17-8-14-19-18-10(2)20-14/h3-6,9,13,15,17H,7-8H2,1-2H3/t9-,13+,15+/m0/s1. The van der Waals surface area contributed by atoms with Gasteiger partial charge in [0.1, 0.15) is 0 Å². The molecule has 20 heavy (non-hydrogen) atoms. The van der Waals surface area contributed by atoms with Crippen molar-refractivity contribution < 1.29 is 4.42 Å². The molecule has 1 saturated carbocycles. The number of aryl methyl sites for hydroxylation is 1. The summed E-state index contributed by atoms with van der Waals surface area (Å²) >= 11 is 5.96. The third-order valence-electron chi connectivity index (χ3n) is 3.87. The van der Waals surface area contributed by atoms with Gasteiger partial charge in [0.2, 0.25) is 11.8 Å². The number of hydrogen-bond donors (Lipinski definition) is 1. The molecule has 1 aliphatic rings. The Morgan fingerprint density at radius 1 is 1.35 bits per heavy atom. The molecule has 0 amide bonds. The molecule has 5 heteroatoms. The Bertz CT molecular complexity index is 581. The lowest BCUT2D eigenvalue weighted by molar-refractivity contribution is 0.399. The largest absolute Gasteiger partial charge is 0.424 e. The molecule has 0 spiro atoms. The molecule has 1 fully saturated rings. The zero-order valence-electron chi connectivity index (χ0n) is 11.6. The first-order valence-electron chi connectivity index (χ1n) is 6.91. The van der Waals surface area contributed by atoms with Gasteiger partial charge in [-0.2, -0.15) is 0 Å². The van der Waals surface area contributed by atoms with Crippen LogP contribution >= 0.6 is 11.6 Å². The summed E-state index contributed by atoms with van der Waals surface area (Å²) in [6.07, 6.45) is 1.25. The van der Waals surface area contributed by atoms with Crippen molar-refractivity contribution in [3.8, 4) is 0 Å². The lowest BCUT2D eigenvalue weighted by atomic mass is 10.0. The molecule has 1 aromatic heterocycles. The van der Waals surface area contributed by atoms with Crippen LogP contribution in [0, 0.1) is 18.8 Å². The van der Waals surface area contributed by atoms with Crippen LogP contribution in [0.25, 0.3) is 0 Å². The van der Waals surface area contributed by atoms with Crippen LogP contribution in [0.15, 0.2) is 28.7 Å². The Morgan fingerprint density at radius 2 is 2.05 bits per heavy atom. The average Bonchev–Trinajstić information content (AvgIpc) is 2.99. The second kappa shape index (κ2) is 5.54. The summed E-state index contributed by atoms with van der Waals surface area (Å²) < 4.78 is 5.41. The van der Waals surface area contributed by atoms with E-state index in [9.17, 15) is 0 Å². The van der Waals surface area contributed by atoms with Crippen molar-refractivity contribution in [2.24, 2.45) is 11.8 Å². The van der Waals surface area contributed by atoms with Crippen LogP contribution in [0.4, 0.5) is 0 Å². The molecule has 0 bridgehead atoms. The van der Waals surface area contributed by atoms with E-state index in [4.69, 9.17) is 16.0 Å². The minimum absolute atomic E-state index is 0.314. The fraction of sp³-hybridized carbons (Fsp3) is 0.467. The highest BCUT2D eigenvalue weighted by Crippen LogP contribution is 2.47. The van der Waals surface area contributed by atoms with Crippen LogP contribution in [0.3, 0.4) is 0 Å². The Kier molecular flexibility index (Phi) is 3.76. The minimum atomic E-state index is 0.314. The van der Waals surface area contributed by atoms with Crippen LogP contribution in [-0.4, -0.2) is 10.2 Å². The molecule has 2 aromatic rings. The third-order valence-corrected chi connectivity index (χ3v) is 4.12. The van der Waals surface area contributed by atoms with Crippen LogP contribution in [-0.2, 0) is 6.54 Å². The SMILES string of the molecule is Cc1nnc(CN[C@H](c2ccc(Cl)cc2)[C@@H]2C[C@@H]2C)o1. The fourth-order valence-electron chi connectivity index (χ4n) is 2.61. The zero-order valence-corrected chi connectivity index (χ0v) is 12.4. The first-order valence-corrected chi connectivity index (χ1v) is 7.29. The molecule has 4 nitrogen and oxygen atoms in total. The van der Waals surface area contributed by atoms with Crippen LogP contribution in [0.2, 0.25) is 5.02 Å². The lowest BCUT2D eigenvalue weighted by Gasteiger charge is -2.18. The predicted molar refractivity (Wildman–Crippen MR) is 77.3 cm³/mol. The molecule has 1 aromatic carbocycles. The van der Waals surface area contributed by atoms with Crippen molar-refractivity contribution in [2.75, 3.05) is 0 Å². The van der Waals surface area contributed by atoms with E-state index in [0.29, 0.717) is 30.3 Å². The quantitative estimate of drug-likeness (QED) is 0.916. The Balaban J connectivity index is 1.71. The number of rotatable bonds is 5. The summed E-state index contributed by atoms with van der Waals surface area (Å²) in [5.74, 6) is 2.66. The molecule has 3 rings (SSSR count). The van der Waals surface area contributed by atoms with Gasteiger partial charge < -0.3 is 9.73 Å². The number of aromatic nitrogens is 2. The van der Waals surface area contributed by atoms with Crippen LogP contribution in [0.5, 0.6) is 0 Å². The Labute approximate surface area is 123 Å². The maximum Gasteiger partial charge on any atom is 0.230 e. The van der Waals surface area contributed by atoms with Crippen molar-refractivity contribution >= 4 is 11.6 Å². The van der Waals surface area contributed by atoms with Crippen molar-refractivity contribution in [3.63, 3.8) is 0 Å². The average molecular weight is 292 g/mol. The van der Waals surface area contributed by atoms with Crippen LogP contribution < -0.4 is 5.32 Å². The molecule has 0 saturated heterocycles. The van der Waals surface area contributed by atoms with Crippen molar-refractivity contribution in [2.45, 2.75) is 32.9 Å². The van der Waals surface area contributed by atoms with Gasteiger partial charge in [0.15, 0.2) is 0 Å². The summed E-state index contributed by atoms with van der Waals surface area (Å²) in [6.45, 7) is 4.68. The Hall–Kier alpha value is -1.39. The van der Waals surface area contributed by atoms with E-state index in [1.807, 2.05) is 12.1 Å². The summed E-state index contributed by atoms with van der Waals surface area (Å²) in [5, 5.41) is 12.2. The Morgan fingerprint density at radius 3 is 2.60 bits per heavy atom. The summed E-state index contributed by atoms with van der Waals surface area (Å²) in [6, 6.07) is 8.37. The summed E-state index contributed by atoms with van der Waals surface area (Å²) in [4.78, 5) is 0. The highest BCUT2D eigenvalue weighted by atomic mass is 35.5. The van der Waals surface area contributed by atoms with Crippen LogP contribution in [0.1, 0.15) is 36.7 Å². The minimum Gasteiger partial charge on any atom is -0.424 e. The van der Waals surface area contributed by atoms with E-state index in [0.717, 1.165) is 10.9 Å². The molecule has 1 aliphatic carbocycles. The molecule has 0 aliphatic heterocycles. The molecule has 1 N–H and O–H groups in total. The van der Waals surface area contributed by atoms with Gasteiger partial charge in [0, 0.05) is 18.0 Å². The number of halogens is 1. The van der Waals surface area contributed by atoms with E-state index >= 15 is 0 Å². The molecule has 1 heterocycles. The topological polar surface area (TPSA) is 51.0 Å². The van der Waals surface area contributed by atoms with Gasteiger partial charge in [0.25, 0.3) is 0 Å². The maximum atomic E-state index is 5.96. The molecule has 106 valence electrons. The molecule has 3 atom stereocenters. The second-order valence-corrected chi connectivity index (χ2v) is 5.94. The molecular formula is C15H18ClN3O. The third kappa shape index (κ3) is 3.02. The molecule has 0 unspecified atom stereocenters. The predicted octanol–water partition coefficient (Wildman–Crippen LogP) is 3.52. The van der Waals surface area contributed by atoms with Gasteiger partial charge in [-0.1, -0.05) is 30.7 Å². The van der Waals surface area contributed by atoms with Gasteiger partial charge in [-0.15, -0.1) is 10.2 Å². The van der Waals surface area contributed by atoms with Gasteiger partial charge in [-0.25, -0.2) is 0 Å². The van der Waals surface area contributed by atoms with E-state index in [2.05, 4.69) is 34.6 Å². The summed E-state index contributed by atoms with van der Waals surface area (Å²) in [5.41, 5.74) is 1.26. The highest BCUT2D eigenvalue weighted by Gasteiger charge is 2.40. The fourth-order valence-corrected chi connectivity index (χ4v) is 2.73.